The molecule has 0 N–H and O–H groups in total. The van der Waals surface area contributed by atoms with Crippen LogP contribution in [0.15, 0.2) is 65.8 Å². The fourth-order valence-corrected chi connectivity index (χ4v) is 3.78. The Bertz CT molecular complexity index is 1460. The van der Waals surface area contributed by atoms with Crippen molar-refractivity contribution in [2.75, 3.05) is 13.7 Å². The van der Waals surface area contributed by atoms with Crippen molar-refractivity contribution in [3.05, 3.63) is 87.8 Å². The number of carbonyl (C=O) groups excluding carboxylic acids is 1. The van der Waals surface area contributed by atoms with E-state index in [4.69, 9.17) is 15.0 Å². The van der Waals surface area contributed by atoms with Gasteiger partial charge in [0.2, 0.25) is 0 Å². The molecular formula is C25H20N6O3. The van der Waals surface area contributed by atoms with Crippen LogP contribution in [0, 0.1) is 11.3 Å². The molecule has 0 saturated heterocycles. The van der Waals surface area contributed by atoms with Crippen molar-refractivity contribution in [1.29, 1.82) is 5.26 Å². The van der Waals surface area contributed by atoms with E-state index >= 15 is 0 Å². The second kappa shape index (κ2) is 9.77. The quantitative estimate of drug-likeness (QED) is 0.153. The lowest BCUT2D eigenvalue weighted by atomic mass is 9.98. The number of para-hydroxylation sites is 1. The van der Waals surface area contributed by atoms with E-state index in [1.807, 2.05) is 41.8 Å². The van der Waals surface area contributed by atoms with E-state index in [0.717, 1.165) is 11.1 Å². The molecule has 0 saturated carbocycles. The molecule has 0 aliphatic carbocycles. The van der Waals surface area contributed by atoms with Crippen molar-refractivity contribution in [3.8, 4) is 23.2 Å². The van der Waals surface area contributed by atoms with Crippen molar-refractivity contribution in [1.82, 2.24) is 9.55 Å². The van der Waals surface area contributed by atoms with Gasteiger partial charge in [-0.2, -0.15) is 10.2 Å². The Labute approximate surface area is 195 Å². The highest BCUT2D eigenvalue weighted by Crippen LogP contribution is 2.30. The second-order valence-corrected chi connectivity index (χ2v) is 7.31. The summed E-state index contributed by atoms with van der Waals surface area (Å²) in [6.45, 7) is 2.70. The van der Waals surface area contributed by atoms with Crippen LogP contribution in [0.25, 0.3) is 32.6 Å². The Kier molecular flexibility index (Phi) is 6.44. The lowest BCUT2D eigenvalue weighted by Gasteiger charge is -2.12. The van der Waals surface area contributed by atoms with E-state index in [0.29, 0.717) is 52.6 Å². The monoisotopic (exact) mass is 452 g/mol. The molecule has 168 valence electrons. The molecule has 0 unspecified atom stereocenters. The third-order valence-corrected chi connectivity index (χ3v) is 5.30. The van der Waals surface area contributed by atoms with E-state index in [2.05, 4.69) is 21.1 Å². The van der Waals surface area contributed by atoms with E-state index in [-0.39, 0.29) is 0 Å². The van der Waals surface area contributed by atoms with Gasteiger partial charge >= 0.3 is 5.97 Å². The molecule has 9 nitrogen and oxygen atoms in total. The maximum Gasteiger partial charge on any atom is 0.340 e. The molecule has 3 aromatic carbocycles. The first kappa shape index (κ1) is 22.4. The van der Waals surface area contributed by atoms with E-state index in [1.165, 1.54) is 7.11 Å². The van der Waals surface area contributed by atoms with Gasteiger partial charge in [0.1, 0.15) is 0 Å². The molecule has 0 atom stereocenters. The predicted molar refractivity (Wildman–Crippen MR) is 127 cm³/mol. The number of esters is 1. The molecule has 1 aromatic heterocycles. The number of rotatable bonds is 7. The summed E-state index contributed by atoms with van der Waals surface area (Å²) in [7, 11) is 1.34. The number of nitrogens with zero attached hydrogens (tertiary/aromatic N) is 6. The Morgan fingerprint density at radius 1 is 1.21 bits per heavy atom. The summed E-state index contributed by atoms with van der Waals surface area (Å²) in [5, 5.41) is 13.1. The number of hydrogen-bond acceptors (Lipinski definition) is 6. The van der Waals surface area contributed by atoms with Crippen LogP contribution in [0.4, 0.5) is 5.69 Å². The highest BCUT2D eigenvalue weighted by molar-refractivity contribution is 6.02. The van der Waals surface area contributed by atoms with Crippen LogP contribution >= 0.6 is 0 Å². The third kappa shape index (κ3) is 4.26. The summed E-state index contributed by atoms with van der Waals surface area (Å²) in [5.74, 6) is -0.450. The minimum Gasteiger partial charge on any atom is -0.465 e. The second-order valence-electron chi connectivity index (χ2n) is 7.31. The van der Waals surface area contributed by atoms with Crippen molar-refractivity contribution < 1.29 is 14.3 Å². The van der Waals surface area contributed by atoms with Gasteiger partial charge in [0, 0.05) is 10.6 Å². The standard InChI is InChI=1S/C25H20N6O3/c1-3-34-25-28-22-6-4-5-20(24(32)33-2)23(22)31(25)15-16-7-9-17(10-8-16)21-13-19(29-30-27)12-11-18(21)14-26/h4-13H,3,15H2,1-2H3. The maximum absolute atomic E-state index is 12.4. The van der Waals surface area contributed by atoms with Crippen molar-refractivity contribution >= 4 is 22.7 Å². The van der Waals surface area contributed by atoms with Crippen LogP contribution in [0.3, 0.4) is 0 Å². The van der Waals surface area contributed by atoms with Crippen LogP contribution in [0.2, 0.25) is 0 Å². The van der Waals surface area contributed by atoms with E-state index in [1.54, 1.807) is 30.3 Å². The average molecular weight is 452 g/mol. The number of imidazole rings is 1. The van der Waals surface area contributed by atoms with Gasteiger partial charge in [-0.15, -0.1) is 0 Å². The van der Waals surface area contributed by atoms with Crippen molar-refractivity contribution in [2.24, 2.45) is 5.11 Å². The molecule has 0 aliphatic rings. The number of carbonyl (C=O) groups is 1. The van der Waals surface area contributed by atoms with Gasteiger partial charge in [0.15, 0.2) is 0 Å². The number of azide groups is 1. The number of hydrogen-bond donors (Lipinski definition) is 0. The van der Waals surface area contributed by atoms with Gasteiger partial charge in [0.05, 0.1) is 48.5 Å². The van der Waals surface area contributed by atoms with Crippen LogP contribution in [0.1, 0.15) is 28.4 Å². The van der Waals surface area contributed by atoms with E-state index in [9.17, 15) is 10.1 Å². The molecule has 4 aromatic rings. The number of nitriles is 1. The minimum atomic E-state index is -0.450. The highest BCUT2D eigenvalue weighted by Gasteiger charge is 2.19. The third-order valence-electron chi connectivity index (χ3n) is 5.30. The number of methoxy groups -OCH3 is 1. The molecule has 0 bridgehead atoms. The number of ether oxygens (including phenoxy) is 2. The zero-order valence-corrected chi connectivity index (χ0v) is 18.6. The van der Waals surface area contributed by atoms with Gasteiger partial charge in [-0.1, -0.05) is 41.5 Å². The predicted octanol–water partition coefficient (Wildman–Crippen LogP) is 5.75. The van der Waals surface area contributed by atoms with Crippen LogP contribution in [-0.4, -0.2) is 29.2 Å². The molecule has 0 amide bonds. The summed E-state index contributed by atoms with van der Waals surface area (Å²) in [4.78, 5) is 19.7. The zero-order valence-electron chi connectivity index (χ0n) is 18.6. The number of fused-ring (bicyclic) bond motifs is 1. The molecule has 34 heavy (non-hydrogen) atoms. The average Bonchev–Trinajstić information content (AvgIpc) is 3.21. The van der Waals surface area contributed by atoms with Crippen molar-refractivity contribution in [2.45, 2.75) is 13.5 Å². The smallest absolute Gasteiger partial charge is 0.340 e. The lowest BCUT2D eigenvalue weighted by molar-refractivity contribution is 0.0602. The first-order chi connectivity index (χ1) is 16.6. The lowest BCUT2D eigenvalue weighted by Crippen LogP contribution is -2.09. The van der Waals surface area contributed by atoms with Gasteiger partial charge < -0.3 is 9.47 Å². The molecule has 1 heterocycles. The summed E-state index contributed by atoms with van der Waals surface area (Å²) in [5.41, 5.74) is 13.7. The molecule has 9 heteroatoms. The van der Waals surface area contributed by atoms with Crippen LogP contribution < -0.4 is 4.74 Å². The van der Waals surface area contributed by atoms with Crippen LogP contribution in [-0.2, 0) is 11.3 Å². The molecular weight excluding hydrogens is 432 g/mol. The summed E-state index contributed by atoms with van der Waals surface area (Å²) in [6, 6.07) is 20.4. The summed E-state index contributed by atoms with van der Waals surface area (Å²) >= 11 is 0. The molecule has 0 radical (unpaired) electrons. The van der Waals surface area contributed by atoms with Gasteiger partial charge in [-0.25, -0.2) is 4.79 Å². The first-order valence-corrected chi connectivity index (χ1v) is 10.5. The Morgan fingerprint density at radius 3 is 2.68 bits per heavy atom. The zero-order chi connectivity index (χ0) is 24.1. The van der Waals surface area contributed by atoms with Gasteiger partial charge in [-0.3, -0.25) is 4.57 Å². The summed E-state index contributed by atoms with van der Waals surface area (Å²) < 4.78 is 12.6. The van der Waals surface area contributed by atoms with Crippen LogP contribution in [0.5, 0.6) is 6.01 Å². The Balaban J connectivity index is 1.75. The molecule has 4 rings (SSSR count). The minimum absolute atomic E-state index is 0.406. The molecule has 0 spiro atoms. The topological polar surface area (TPSA) is 126 Å². The maximum atomic E-state index is 12.4. The normalized spacial score (nSPS) is 10.4. The SMILES string of the molecule is CCOc1nc2cccc(C(=O)OC)c2n1Cc1ccc(-c2cc(N=[N+]=[N-])ccc2C#N)cc1. The number of aromatic nitrogens is 2. The molecule has 0 fully saturated rings. The highest BCUT2D eigenvalue weighted by atomic mass is 16.5. The fraction of sp³-hybridized carbons (Fsp3) is 0.160. The Hall–Kier alpha value is -4.80. The largest absolute Gasteiger partial charge is 0.465 e. The molecule has 0 aliphatic heterocycles. The van der Waals surface area contributed by atoms with Gasteiger partial charge in [0.25, 0.3) is 6.01 Å². The Morgan fingerprint density at radius 2 is 2.00 bits per heavy atom. The fourth-order valence-electron chi connectivity index (χ4n) is 3.78. The van der Waals surface area contributed by atoms with Crippen molar-refractivity contribution in [3.63, 3.8) is 0 Å². The first-order valence-electron chi connectivity index (χ1n) is 10.5. The number of benzene rings is 3. The van der Waals surface area contributed by atoms with E-state index < -0.39 is 5.97 Å². The van der Waals surface area contributed by atoms with Gasteiger partial charge in [-0.05, 0) is 53.4 Å². The summed E-state index contributed by atoms with van der Waals surface area (Å²) in [6.07, 6.45) is 0.